The molecule has 0 saturated heterocycles. The third-order valence-electron chi connectivity index (χ3n) is 2.21. The van der Waals surface area contributed by atoms with Gasteiger partial charge in [-0.25, -0.2) is 0 Å². The number of hydrogen-bond donors (Lipinski definition) is 1. The van der Waals surface area contributed by atoms with Gasteiger partial charge < -0.3 is 5.41 Å². The van der Waals surface area contributed by atoms with Gasteiger partial charge in [0.25, 0.3) is 0 Å². The molecular weight excluding hydrogens is 182 g/mol. The van der Waals surface area contributed by atoms with Crippen molar-refractivity contribution in [3.05, 3.63) is 59.2 Å². The number of nitrogens with one attached hydrogen (secondary N) is 1. The van der Waals surface area contributed by atoms with Gasteiger partial charge in [0.1, 0.15) is 0 Å². The van der Waals surface area contributed by atoms with E-state index in [-0.39, 0.29) is 0 Å². The van der Waals surface area contributed by atoms with E-state index in [2.05, 4.69) is 19.6 Å². The second kappa shape index (κ2) is 4.74. The summed E-state index contributed by atoms with van der Waals surface area (Å²) in [5.74, 6) is 0. The summed E-state index contributed by atoms with van der Waals surface area (Å²) >= 11 is 0. The van der Waals surface area contributed by atoms with Gasteiger partial charge in [-0.3, -0.25) is 0 Å². The minimum Gasteiger partial charge on any atom is -0.300 e. The SMILES string of the molecule is C=C(C)/C=C\C(=N)c1ccc(C)cc1C. The van der Waals surface area contributed by atoms with Crippen LogP contribution in [0.2, 0.25) is 0 Å². The maximum Gasteiger partial charge on any atom is 0.0614 e. The van der Waals surface area contributed by atoms with E-state index >= 15 is 0 Å². The van der Waals surface area contributed by atoms with E-state index in [1.54, 1.807) is 6.08 Å². The first-order chi connectivity index (χ1) is 7.00. The Morgan fingerprint density at radius 2 is 1.93 bits per heavy atom. The maximum absolute atomic E-state index is 7.91. The first kappa shape index (κ1) is 11.4. The van der Waals surface area contributed by atoms with E-state index in [1.807, 2.05) is 32.1 Å². The molecule has 0 fully saturated rings. The molecule has 1 aromatic carbocycles. The Kier molecular flexibility index (Phi) is 3.62. The fourth-order valence-electron chi connectivity index (χ4n) is 1.43. The van der Waals surface area contributed by atoms with E-state index < -0.39 is 0 Å². The Morgan fingerprint density at radius 3 is 2.47 bits per heavy atom. The lowest BCUT2D eigenvalue weighted by atomic mass is 10.0. The summed E-state index contributed by atoms with van der Waals surface area (Å²) in [6, 6.07) is 6.12. The maximum atomic E-state index is 7.91. The Hall–Kier alpha value is -1.63. The summed E-state index contributed by atoms with van der Waals surface area (Å²) < 4.78 is 0. The van der Waals surface area contributed by atoms with Gasteiger partial charge in [0, 0.05) is 5.56 Å². The molecule has 0 bridgehead atoms. The fourth-order valence-corrected chi connectivity index (χ4v) is 1.43. The first-order valence-corrected chi connectivity index (χ1v) is 5.00. The van der Waals surface area contributed by atoms with E-state index in [9.17, 15) is 0 Å². The molecule has 0 spiro atoms. The Bertz CT molecular complexity index is 425. The molecule has 78 valence electrons. The molecule has 15 heavy (non-hydrogen) atoms. The molecule has 0 aliphatic heterocycles. The van der Waals surface area contributed by atoms with Crippen LogP contribution in [0.25, 0.3) is 0 Å². The Balaban J connectivity index is 2.97. The zero-order valence-electron chi connectivity index (χ0n) is 9.59. The topological polar surface area (TPSA) is 23.9 Å². The van der Waals surface area contributed by atoms with Crippen molar-refractivity contribution in [1.29, 1.82) is 5.41 Å². The average molecular weight is 199 g/mol. The predicted octanol–water partition coefficient (Wildman–Crippen LogP) is 3.80. The van der Waals surface area contributed by atoms with Crippen LogP contribution in [0.15, 0.2) is 42.5 Å². The van der Waals surface area contributed by atoms with Gasteiger partial charge in [-0.2, -0.15) is 0 Å². The number of allylic oxidation sites excluding steroid dienone is 3. The van der Waals surface area contributed by atoms with Crippen LogP contribution in [-0.2, 0) is 0 Å². The minimum atomic E-state index is 0.538. The molecule has 1 rings (SSSR count). The predicted molar refractivity (Wildman–Crippen MR) is 66.7 cm³/mol. The molecule has 1 heteroatoms. The summed E-state index contributed by atoms with van der Waals surface area (Å²) in [6.45, 7) is 9.79. The van der Waals surface area contributed by atoms with Gasteiger partial charge in [-0.15, -0.1) is 0 Å². The number of hydrogen-bond acceptors (Lipinski definition) is 1. The van der Waals surface area contributed by atoms with E-state index in [1.165, 1.54) is 5.56 Å². The summed E-state index contributed by atoms with van der Waals surface area (Å²) in [4.78, 5) is 0. The molecule has 0 amide bonds. The molecule has 0 unspecified atom stereocenters. The van der Waals surface area contributed by atoms with Crippen molar-refractivity contribution in [2.24, 2.45) is 0 Å². The quantitative estimate of drug-likeness (QED) is 0.565. The summed E-state index contributed by atoms with van der Waals surface area (Å²) in [5.41, 5.74) is 4.86. The van der Waals surface area contributed by atoms with Crippen LogP contribution in [0.3, 0.4) is 0 Å². The van der Waals surface area contributed by atoms with Crippen molar-refractivity contribution < 1.29 is 0 Å². The van der Waals surface area contributed by atoms with E-state index in [0.29, 0.717) is 5.71 Å². The van der Waals surface area contributed by atoms with Crippen LogP contribution in [0.5, 0.6) is 0 Å². The molecular formula is C14H17N. The second-order valence-electron chi connectivity index (χ2n) is 3.91. The van der Waals surface area contributed by atoms with Crippen LogP contribution < -0.4 is 0 Å². The molecule has 0 saturated carbocycles. The van der Waals surface area contributed by atoms with Crippen LogP contribution >= 0.6 is 0 Å². The highest BCUT2D eigenvalue weighted by molar-refractivity contribution is 6.07. The smallest absolute Gasteiger partial charge is 0.0614 e. The monoisotopic (exact) mass is 199 g/mol. The summed E-state index contributed by atoms with van der Waals surface area (Å²) in [7, 11) is 0. The Morgan fingerprint density at radius 1 is 1.27 bits per heavy atom. The van der Waals surface area contributed by atoms with Gasteiger partial charge in [0.05, 0.1) is 5.71 Å². The standard InChI is InChI=1S/C14H17N/c1-10(2)5-8-14(15)13-7-6-11(3)9-12(13)4/h5-9,15H,1H2,2-4H3/b8-5-,15-14?. The number of benzene rings is 1. The molecule has 0 aliphatic rings. The van der Waals surface area contributed by atoms with Crippen LogP contribution in [-0.4, -0.2) is 5.71 Å². The first-order valence-electron chi connectivity index (χ1n) is 5.00. The molecule has 1 nitrogen and oxygen atoms in total. The second-order valence-corrected chi connectivity index (χ2v) is 3.91. The van der Waals surface area contributed by atoms with Crippen molar-refractivity contribution >= 4 is 5.71 Å². The summed E-state index contributed by atoms with van der Waals surface area (Å²) in [6.07, 6.45) is 3.65. The van der Waals surface area contributed by atoms with Crippen LogP contribution in [0.4, 0.5) is 0 Å². The van der Waals surface area contributed by atoms with Crippen LogP contribution in [0, 0.1) is 19.3 Å². The van der Waals surface area contributed by atoms with E-state index in [4.69, 9.17) is 5.41 Å². The van der Waals surface area contributed by atoms with Crippen molar-refractivity contribution in [3.63, 3.8) is 0 Å². The highest BCUT2D eigenvalue weighted by atomic mass is 14.4. The third kappa shape index (κ3) is 3.21. The lowest BCUT2D eigenvalue weighted by Crippen LogP contribution is -1.98. The normalized spacial score (nSPS) is 10.6. The van der Waals surface area contributed by atoms with Gasteiger partial charge in [-0.1, -0.05) is 42.0 Å². The van der Waals surface area contributed by atoms with Crippen LogP contribution in [0.1, 0.15) is 23.6 Å². The lowest BCUT2D eigenvalue weighted by molar-refractivity contribution is 1.35. The highest BCUT2D eigenvalue weighted by Crippen LogP contribution is 2.11. The molecule has 0 aromatic heterocycles. The van der Waals surface area contributed by atoms with Gasteiger partial charge >= 0.3 is 0 Å². The minimum absolute atomic E-state index is 0.538. The van der Waals surface area contributed by atoms with Crippen molar-refractivity contribution in [3.8, 4) is 0 Å². The number of aryl methyl sites for hydroxylation is 2. The van der Waals surface area contributed by atoms with Gasteiger partial charge in [0.2, 0.25) is 0 Å². The van der Waals surface area contributed by atoms with Gasteiger partial charge in [0.15, 0.2) is 0 Å². The lowest BCUT2D eigenvalue weighted by Gasteiger charge is -2.05. The van der Waals surface area contributed by atoms with Gasteiger partial charge in [-0.05, 0) is 32.4 Å². The average Bonchev–Trinajstić information content (AvgIpc) is 2.14. The molecule has 1 aromatic rings. The zero-order valence-corrected chi connectivity index (χ0v) is 9.59. The summed E-state index contributed by atoms with van der Waals surface area (Å²) in [5, 5.41) is 7.91. The highest BCUT2D eigenvalue weighted by Gasteiger charge is 2.01. The molecule has 0 atom stereocenters. The fraction of sp³-hybridized carbons (Fsp3) is 0.214. The largest absolute Gasteiger partial charge is 0.300 e. The van der Waals surface area contributed by atoms with Crippen molar-refractivity contribution in [2.45, 2.75) is 20.8 Å². The molecule has 0 radical (unpaired) electrons. The molecule has 0 aliphatic carbocycles. The van der Waals surface area contributed by atoms with Crippen molar-refractivity contribution in [1.82, 2.24) is 0 Å². The molecule has 1 N–H and O–H groups in total. The zero-order chi connectivity index (χ0) is 11.4. The van der Waals surface area contributed by atoms with E-state index in [0.717, 1.165) is 16.7 Å². The number of rotatable bonds is 3. The Labute approximate surface area is 91.7 Å². The van der Waals surface area contributed by atoms with Crippen molar-refractivity contribution in [2.75, 3.05) is 0 Å². The third-order valence-corrected chi connectivity index (χ3v) is 2.21. The molecule has 0 heterocycles.